The molecule has 0 aliphatic carbocycles. The van der Waals surface area contributed by atoms with Gasteiger partial charge in [-0.25, -0.2) is 0 Å². The lowest BCUT2D eigenvalue weighted by atomic mass is 9.93. The third kappa shape index (κ3) is 35.4. The predicted octanol–water partition coefficient (Wildman–Crippen LogP) is -7.78. The fraction of sp³-hybridized carbons (Fsp3) is 0.938. The van der Waals surface area contributed by atoms with E-state index in [-0.39, 0.29) is 6.42 Å². The van der Waals surface area contributed by atoms with Gasteiger partial charge in [0.15, 0.2) is 56.6 Å². The first kappa shape index (κ1) is 126. The van der Waals surface area contributed by atoms with Crippen LogP contribution in [0.15, 0.2) is 12.2 Å². The molecule has 51 nitrogen and oxygen atoms in total. The monoisotopic (exact) mass is 2130 g/mol. The van der Waals surface area contributed by atoms with Crippen LogP contribution in [0.2, 0.25) is 0 Å². The fourth-order valence-electron chi connectivity index (χ4n) is 19.8. The van der Waals surface area contributed by atoms with Crippen molar-refractivity contribution in [2.75, 3.05) is 59.5 Å². The van der Waals surface area contributed by atoms with Gasteiger partial charge in [0, 0.05) is 27.2 Å². The zero-order valence-corrected chi connectivity index (χ0v) is 84.6. The Bertz CT molecular complexity index is 3720. The predicted molar refractivity (Wildman–Crippen MR) is 502 cm³/mol. The quantitative estimate of drug-likeness (QED) is 0.0199. The minimum atomic E-state index is -2.60. The van der Waals surface area contributed by atoms with Crippen LogP contribution in [0.3, 0.4) is 0 Å². The summed E-state index contributed by atoms with van der Waals surface area (Å²) in [4.78, 5) is 54.0. The molecule has 9 fully saturated rings. The van der Waals surface area contributed by atoms with Crippen LogP contribution in [0.4, 0.5) is 0 Å². The van der Waals surface area contributed by atoms with Gasteiger partial charge in [-0.1, -0.05) is 180 Å². The molecule has 18 unspecified atom stereocenters. The Morgan fingerprint density at radius 2 is 0.599 bits per heavy atom. The number of aliphatic hydroxyl groups is 25. The molecule has 0 aromatic rings. The number of carbonyl (C=O) groups is 4. The van der Waals surface area contributed by atoms with Crippen LogP contribution in [0, 0.1) is 0 Å². The fourth-order valence-corrected chi connectivity index (χ4v) is 19.8. The maximum Gasteiger partial charge on any atom is 0.220 e. The standard InChI is InChI=1S/C96H170N4O47/c1-7-9-11-13-15-17-19-21-22-24-26-28-30-32-34-36-60(112)100-50(51(111)35-33-31-29-27-25-23-20-18-16-14-12-10-8-2)44-130-91-78(127)75(124)82(58(43-107)139-91)142-94-79(128)85(69(118)56(41-105)136-94)145-89-62(98-48(5)109)83(67(116)54(39-103)133-89)143-95-80(129)86(70(119)59(140-95)45-131-88-61(97-47(4)108)71(120)81(57(42-106)138-88)141-93-77(126)73(122)65(114)52(37-101)135-93)146-90-63(99-49(6)110)84(68(117)55(40-104)134-90)144-96-87(74(123)66(115)53(38-102)137-96)147-92-76(125)72(121)64(113)46(3)132-92/h33,35,46,50-59,61-96,101-107,111,113-129H,7-32,34,36-45H2,1-6H3,(H,97,108)(H,98,109)(H,99,110)(H,100,112)/b35-33+/t46?,50-,51+,52?,53?,54?,55?,56?,57?,58?,59?,61?,62?,63?,64+,65-,66-,67+,68+,69-,70-,71+,72?,73-,74-,75+,76-,77?,78?,79?,80?,81+,82+,83+,84+,85-,86-,87?,88+,89-,90-,91+,92+,93-,94-,95-,96-/m0/s1. The number of allylic oxidation sites excluding steroid dienone is 1. The number of hydrogen-bond acceptors (Lipinski definition) is 47. The van der Waals surface area contributed by atoms with Crippen molar-refractivity contribution in [1.82, 2.24) is 21.3 Å². The van der Waals surface area contributed by atoms with Crippen LogP contribution in [0.25, 0.3) is 0 Å². The average molecular weight is 2130 g/mol. The average Bonchev–Trinajstić information content (AvgIpc) is 0.766. The van der Waals surface area contributed by atoms with Gasteiger partial charge in [0.1, 0.15) is 213 Å². The van der Waals surface area contributed by atoms with Crippen LogP contribution >= 0.6 is 0 Å². The lowest BCUT2D eigenvalue weighted by Gasteiger charge is -2.51. The van der Waals surface area contributed by atoms with Crippen molar-refractivity contribution in [1.29, 1.82) is 0 Å². The molecule has 0 bridgehead atoms. The van der Waals surface area contributed by atoms with E-state index in [2.05, 4.69) is 35.1 Å². The summed E-state index contributed by atoms with van der Waals surface area (Å²) in [5.41, 5.74) is 0. The molecule has 9 heterocycles. The largest absolute Gasteiger partial charge is 0.394 e. The van der Waals surface area contributed by atoms with Crippen molar-refractivity contribution in [3.8, 4) is 0 Å². The van der Waals surface area contributed by atoms with E-state index < -0.39 is 371 Å². The smallest absolute Gasteiger partial charge is 0.220 e. The molecule has 0 saturated carbocycles. The second-order valence-electron chi connectivity index (χ2n) is 39.8. The second kappa shape index (κ2) is 63.9. The summed E-state index contributed by atoms with van der Waals surface area (Å²) in [6.45, 7) is -0.872. The highest BCUT2D eigenvalue weighted by Gasteiger charge is 2.62. The summed E-state index contributed by atoms with van der Waals surface area (Å²) in [6.07, 6.45) is -54.8. The van der Waals surface area contributed by atoms with Crippen molar-refractivity contribution < 1.29 is 232 Å². The van der Waals surface area contributed by atoms with Crippen LogP contribution in [0.1, 0.15) is 221 Å². The number of amides is 4. The van der Waals surface area contributed by atoms with E-state index in [0.29, 0.717) is 12.8 Å². The van der Waals surface area contributed by atoms with Crippen molar-refractivity contribution in [3.05, 3.63) is 12.2 Å². The topological polar surface area (TPSA) is 788 Å². The number of ether oxygens (including phenoxy) is 18. The summed E-state index contributed by atoms with van der Waals surface area (Å²) < 4.78 is 109. The van der Waals surface area contributed by atoms with Gasteiger partial charge in [0.05, 0.1) is 77.7 Å². The molecule has 0 aromatic heterocycles. The van der Waals surface area contributed by atoms with Gasteiger partial charge in [-0.15, -0.1) is 0 Å². The van der Waals surface area contributed by atoms with Gasteiger partial charge in [0.2, 0.25) is 23.6 Å². The molecule has 9 aliphatic heterocycles. The van der Waals surface area contributed by atoms with Gasteiger partial charge in [-0.05, 0) is 26.2 Å². The SMILES string of the molecule is CCCCCCCCCCCCC/C=C/[C@@H](O)[C@H](CO[C@@H]1OC(CO)[C@@H](O[C@@H]2OC(CO)[C@H](O)[C@H](O[C@@H]3OC(CO)[C@@H](O)[C@H](O[C@@H]4OC(CO[C@@H]5OC(CO)[C@@H](O[C@@H]6OC(CO)[C@H](O)[C@H](O)C6O)[C@H](O)C5NC(C)=O)[C@H](O)[C@H](O[C@@H]5OC(CO)[C@@H](O)[C@H](O[C@@H]6OC(CO)[C@H](O)[C@H](O)C6O[C@H]6OC(C)[C@@H](O)C(O)[C@@H]6O)C5NC(C)=O)C4O)C3NC(C)=O)C2O)[C@H](O)C1O)NC(=O)CCCCCCCCCCCCCCCCC. The summed E-state index contributed by atoms with van der Waals surface area (Å²) in [6, 6.07) is -7.15. The molecule has 29 N–H and O–H groups in total. The highest BCUT2D eigenvalue weighted by Crippen LogP contribution is 2.41. The highest BCUT2D eigenvalue weighted by molar-refractivity contribution is 5.76. The first-order chi connectivity index (χ1) is 70.3. The lowest BCUT2D eigenvalue weighted by Crippen LogP contribution is -2.71. The van der Waals surface area contributed by atoms with Gasteiger partial charge in [-0.2, -0.15) is 0 Å². The lowest BCUT2D eigenvalue weighted by molar-refractivity contribution is -0.392. The molecule has 47 atom stereocenters. The van der Waals surface area contributed by atoms with Crippen LogP contribution < -0.4 is 21.3 Å². The normalized spacial score (nSPS) is 40.6. The Kier molecular flexibility index (Phi) is 55.0. The van der Waals surface area contributed by atoms with E-state index in [1.165, 1.54) is 103 Å². The minimum Gasteiger partial charge on any atom is -0.394 e. The van der Waals surface area contributed by atoms with E-state index in [1.807, 2.05) is 6.08 Å². The third-order valence-corrected chi connectivity index (χ3v) is 28.4. The van der Waals surface area contributed by atoms with E-state index in [9.17, 15) is 147 Å². The van der Waals surface area contributed by atoms with Gasteiger partial charge in [0.25, 0.3) is 0 Å². The molecule has 0 aromatic carbocycles. The Morgan fingerprint density at radius 1 is 0.286 bits per heavy atom. The second-order valence-corrected chi connectivity index (χ2v) is 39.8. The molecule has 9 rings (SSSR count). The summed E-state index contributed by atoms with van der Waals surface area (Å²) >= 11 is 0. The molecule has 856 valence electrons. The number of nitrogens with one attached hydrogen (secondary N) is 4. The molecule has 147 heavy (non-hydrogen) atoms. The highest BCUT2D eigenvalue weighted by atomic mass is 16.8. The van der Waals surface area contributed by atoms with E-state index >= 15 is 0 Å². The molecular formula is C96H170N4O47. The summed E-state index contributed by atoms with van der Waals surface area (Å²) in [7, 11) is 0. The number of aliphatic hydroxyl groups excluding tert-OH is 25. The van der Waals surface area contributed by atoms with E-state index in [4.69, 9.17) is 85.3 Å². The molecule has 0 radical (unpaired) electrons. The molecule has 9 saturated heterocycles. The molecule has 0 spiro atoms. The molecule has 9 aliphatic rings. The maximum absolute atomic E-state index is 13.7. The van der Waals surface area contributed by atoms with Gasteiger partial charge >= 0.3 is 0 Å². The number of unbranched alkanes of at least 4 members (excludes halogenated alkanes) is 25. The summed E-state index contributed by atoms with van der Waals surface area (Å²) in [5, 5.41) is 295. The van der Waals surface area contributed by atoms with Gasteiger partial charge in [-0.3, -0.25) is 19.2 Å². The number of hydrogen-bond donors (Lipinski definition) is 29. The molecular weight excluding hydrogens is 1960 g/mol. The maximum atomic E-state index is 13.7. The van der Waals surface area contributed by atoms with Crippen molar-refractivity contribution in [2.24, 2.45) is 0 Å². The third-order valence-electron chi connectivity index (χ3n) is 28.4. The Hall–Kier alpha value is -4.10. The number of rotatable bonds is 61. The summed E-state index contributed by atoms with van der Waals surface area (Å²) in [5.74, 6) is -3.34. The Labute approximate surface area is 854 Å². The van der Waals surface area contributed by atoms with Crippen LogP contribution in [-0.4, -0.2) is 499 Å². The molecule has 51 heteroatoms. The Balaban J connectivity index is 0.960. The van der Waals surface area contributed by atoms with Crippen molar-refractivity contribution in [3.63, 3.8) is 0 Å². The van der Waals surface area contributed by atoms with E-state index in [0.717, 1.165) is 85.0 Å². The van der Waals surface area contributed by atoms with Crippen molar-refractivity contribution in [2.45, 2.75) is 510 Å². The zero-order valence-electron chi connectivity index (χ0n) is 84.6. The van der Waals surface area contributed by atoms with Crippen molar-refractivity contribution >= 4 is 23.6 Å². The van der Waals surface area contributed by atoms with Gasteiger partial charge < -0.3 is 234 Å². The minimum absolute atomic E-state index is 0.122. The zero-order chi connectivity index (χ0) is 108. The van der Waals surface area contributed by atoms with Crippen LogP contribution in [0.5, 0.6) is 0 Å². The Morgan fingerprint density at radius 3 is 1.05 bits per heavy atom. The first-order valence-electron chi connectivity index (χ1n) is 52.4. The van der Waals surface area contributed by atoms with Crippen LogP contribution in [-0.2, 0) is 104 Å². The first-order valence-corrected chi connectivity index (χ1v) is 52.4. The molecule has 4 amide bonds. The number of carbonyl (C=O) groups excluding carboxylic acids is 4. The van der Waals surface area contributed by atoms with E-state index in [1.54, 1.807) is 6.08 Å².